The smallest absolute Gasteiger partial charge is 0.124 e. The second-order valence-corrected chi connectivity index (χ2v) is 3.79. The van der Waals surface area contributed by atoms with Crippen molar-refractivity contribution < 1.29 is 8.94 Å². The average molecular weight is 209 g/mol. The van der Waals surface area contributed by atoms with Crippen LogP contribution in [0.25, 0.3) is 0 Å². The van der Waals surface area contributed by atoms with Crippen molar-refractivity contribution in [1.82, 2.24) is 5.32 Å². The molecular weight excluding hydrogens is 189 g/mol. The summed E-state index contributed by atoms with van der Waals surface area (Å²) < 4.78 is 21.3. The van der Waals surface area contributed by atoms with Crippen LogP contribution in [-0.2, 0) is 0 Å². The quantitative estimate of drug-likeness (QED) is 0.603. The van der Waals surface area contributed by atoms with E-state index in [1.807, 2.05) is 0 Å². The topological polar surface area (TPSA) is 32.3 Å². The van der Waals surface area contributed by atoms with Crippen molar-refractivity contribution in [3.8, 4) is 0 Å². The fraction of sp³-hybridized carbons (Fsp3) is 1.00. The molecule has 0 aliphatic heterocycles. The van der Waals surface area contributed by atoms with E-state index < -0.39 is 6.17 Å². The molecule has 0 aliphatic rings. The minimum Gasteiger partial charge on any atom is -0.330 e. The van der Waals surface area contributed by atoms with Gasteiger partial charge in [-0.2, -0.15) is 0 Å². The zero-order chi connectivity index (χ0) is 10.1. The van der Waals surface area contributed by atoms with Crippen LogP contribution in [0.5, 0.6) is 0 Å². The molecule has 2 atom stereocenters. The molecule has 2 nitrogen and oxygen atoms in total. The third kappa shape index (κ3) is 7.28. The van der Waals surface area contributed by atoms with Crippen LogP contribution >= 0.6 is 12.0 Å². The lowest BCUT2D eigenvalue weighted by Gasteiger charge is -2.17. The summed E-state index contributed by atoms with van der Waals surface area (Å²) in [5.74, 6) is 0.162. The van der Waals surface area contributed by atoms with Gasteiger partial charge in [0.05, 0.1) is 5.75 Å². The largest absolute Gasteiger partial charge is 0.330 e. The molecule has 80 valence electrons. The second kappa shape index (κ2) is 8.78. The highest BCUT2D eigenvalue weighted by molar-refractivity contribution is 7.93. The molecule has 0 spiro atoms. The van der Waals surface area contributed by atoms with Crippen LogP contribution in [0.4, 0.5) is 4.39 Å². The Hall–Kier alpha value is 0.200. The van der Waals surface area contributed by atoms with Gasteiger partial charge in [0.2, 0.25) is 0 Å². The number of halogens is 1. The molecule has 0 amide bonds. The van der Waals surface area contributed by atoms with Gasteiger partial charge in [0.1, 0.15) is 6.17 Å². The van der Waals surface area contributed by atoms with E-state index in [2.05, 4.69) is 19.2 Å². The Bertz CT molecular complexity index is 116. The Morgan fingerprint density at radius 1 is 1.46 bits per heavy atom. The van der Waals surface area contributed by atoms with Crippen LogP contribution in [0, 0.1) is 0 Å². The van der Waals surface area contributed by atoms with Crippen molar-refractivity contribution in [1.29, 1.82) is 0 Å². The molecule has 0 bridgehead atoms. The van der Waals surface area contributed by atoms with E-state index in [4.69, 9.17) is 4.55 Å². The van der Waals surface area contributed by atoms with E-state index in [1.54, 1.807) is 0 Å². The Balaban J connectivity index is 3.46. The first-order valence-corrected chi connectivity index (χ1v) is 5.82. The summed E-state index contributed by atoms with van der Waals surface area (Å²) in [6.07, 6.45) is 2.31. The number of rotatable bonds is 8. The maximum atomic E-state index is 12.9. The molecule has 0 rings (SSSR count). The van der Waals surface area contributed by atoms with E-state index in [0.29, 0.717) is 24.6 Å². The lowest BCUT2D eigenvalue weighted by molar-refractivity contribution is 0.323. The van der Waals surface area contributed by atoms with E-state index in [1.165, 1.54) is 0 Å². The zero-order valence-corrected chi connectivity index (χ0v) is 9.24. The van der Waals surface area contributed by atoms with Gasteiger partial charge in [-0.05, 0) is 24.9 Å². The van der Waals surface area contributed by atoms with Gasteiger partial charge in [0.15, 0.2) is 0 Å². The van der Waals surface area contributed by atoms with Crippen molar-refractivity contribution >= 4 is 12.0 Å². The van der Waals surface area contributed by atoms with E-state index in [-0.39, 0.29) is 5.75 Å². The van der Waals surface area contributed by atoms with E-state index >= 15 is 0 Å². The molecule has 4 heteroatoms. The van der Waals surface area contributed by atoms with Gasteiger partial charge < -0.3 is 9.87 Å². The van der Waals surface area contributed by atoms with Crippen molar-refractivity contribution in [2.45, 2.75) is 45.3 Å². The minimum atomic E-state index is -0.944. The van der Waals surface area contributed by atoms with Crippen LogP contribution in [0.3, 0.4) is 0 Å². The summed E-state index contributed by atoms with van der Waals surface area (Å²) in [5, 5.41) is 3.16. The van der Waals surface area contributed by atoms with Crippen molar-refractivity contribution in [2.75, 3.05) is 12.3 Å². The van der Waals surface area contributed by atoms with E-state index in [9.17, 15) is 4.39 Å². The third-order valence-corrected chi connectivity index (χ3v) is 2.52. The van der Waals surface area contributed by atoms with Crippen molar-refractivity contribution in [2.24, 2.45) is 0 Å². The van der Waals surface area contributed by atoms with E-state index in [0.717, 1.165) is 19.3 Å². The van der Waals surface area contributed by atoms with Crippen LogP contribution in [0.1, 0.15) is 33.1 Å². The molecule has 0 radical (unpaired) electrons. The number of hydrogen-bond acceptors (Lipinski definition) is 3. The van der Waals surface area contributed by atoms with Crippen LogP contribution in [0.15, 0.2) is 0 Å². The number of nitrogens with one attached hydrogen (secondary N) is 1. The molecule has 0 heterocycles. The molecule has 0 fully saturated rings. The van der Waals surface area contributed by atoms with Crippen molar-refractivity contribution in [3.05, 3.63) is 0 Å². The van der Waals surface area contributed by atoms with Gasteiger partial charge in [-0.25, -0.2) is 4.39 Å². The highest BCUT2D eigenvalue weighted by Crippen LogP contribution is 2.03. The summed E-state index contributed by atoms with van der Waals surface area (Å²) in [7, 11) is 0. The van der Waals surface area contributed by atoms with Crippen molar-refractivity contribution in [3.63, 3.8) is 0 Å². The maximum Gasteiger partial charge on any atom is 0.124 e. The molecule has 13 heavy (non-hydrogen) atoms. The summed E-state index contributed by atoms with van der Waals surface area (Å²) in [4.78, 5) is 0. The summed E-state index contributed by atoms with van der Waals surface area (Å²) in [5.41, 5.74) is 0. The summed E-state index contributed by atoms with van der Waals surface area (Å²) >= 11 is 0.567. The second-order valence-electron chi connectivity index (χ2n) is 3.20. The number of hydrogen-bond donors (Lipinski definition) is 2. The monoisotopic (exact) mass is 209 g/mol. The Kier molecular flexibility index (Phi) is 8.92. The van der Waals surface area contributed by atoms with Gasteiger partial charge in [0.25, 0.3) is 0 Å². The van der Waals surface area contributed by atoms with Crippen LogP contribution in [-0.4, -0.2) is 29.1 Å². The summed E-state index contributed by atoms with van der Waals surface area (Å²) in [6.45, 7) is 4.58. The average Bonchev–Trinajstić information content (AvgIpc) is 2.12. The molecule has 0 aliphatic carbocycles. The molecule has 0 aromatic carbocycles. The fourth-order valence-corrected chi connectivity index (χ4v) is 1.51. The first-order valence-electron chi connectivity index (χ1n) is 4.88. The lowest BCUT2D eigenvalue weighted by atomic mass is 10.1. The molecule has 0 aromatic rings. The zero-order valence-electron chi connectivity index (χ0n) is 8.42. The fourth-order valence-electron chi connectivity index (χ4n) is 1.23. The molecular formula is C9H20FNOS. The molecule has 0 saturated heterocycles. The molecule has 0 saturated carbocycles. The van der Waals surface area contributed by atoms with Gasteiger partial charge >= 0.3 is 0 Å². The van der Waals surface area contributed by atoms with Gasteiger partial charge in [-0.15, -0.1) is 0 Å². The van der Waals surface area contributed by atoms with Gasteiger partial charge in [0, 0.05) is 12.6 Å². The highest BCUT2D eigenvalue weighted by atomic mass is 32.2. The Labute approximate surface area is 84.5 Å². The standard InChI is InChI=1S/C9H20FNOS/c1-3-5-9(4-2)11-6-8(10)7-13-12/h8-9,11-12H,3-7H2,1-2H3. The first kappa shape index (κ1) is 13.2. The number of alkyl halides is 1. The third-order valence-electron chi connectivity index (χ3n) is 2.01. The van der Waals surface area contributed by atoms with Crippen LogP contribution in [0.2, 0.25) is 0 Å². The maximum absolute atomic E-state index is 12.9. The predicted molar refractivity (Wildman–Crippen MR) is 57.0 cm³/mol. The Morgan fingerprint density at radius 3 is 2.62 bits per heavy atom. The molecule has 2 N–H and O–H groups in total. The Morgan fingerprint density at radius 2 is 2.15 bits per heavy atom. The highest BCUT2D eigenvalue weighted by Gasteiger charge is 2.09. The first-order chi connectivity index (χ1) is 6.24. The summed E-state index contributed by atoms with van der Waals surface area (Å²) in [6, 6.07) is 0.423. The molecule has 0 aromatic heterocycles. The predicted octanol–water partition coefficient (Wildman–Crippen LogP) is 2.70. The van der Waals surface area contributed by atoms with Crippen LogP contribution < -0.4 is 5.32 Å². The minimum absolute atomic E-state index is 0.162. The normalized spacial score (nSPS) is 15.7. The lowest BCUT2D eigenvalue weighted by Crippen LogP contribution is -2.34. The van der Waals surface area contributed by atoms with Gasteiger partial charge in [-0.3, -0.25) is 0 Å². The SMILES string of the molecule is CCCC(CC)NCC(F)CSO. The molecule has 2 unspecified atom stereocenters. The van der Waals surface area contributed by atoms with Gasteiger partial charge in [-0.1, -0.05) is 20.3 Å².